The Morgan fingerprint density at radius 3 is 2.51 bits per heavy atom. The van der Waals surface area contributed by atoms with Gasteiger partial charge in [-0.1, -0.05) is 66.7 Å². The second kappa shape index (κ2) is 10.6. The molecule has 0 bridgehead atoms. The van der Waals surface area contributed by atoms with Crippen molar-refractivity contribution in [1.82, 2.24) is 9.80 Å². The van der Waals surface area contributed by atoms with Gasteiger partial charge in [0.05, 0.1) is 18.8 Å². The summed E-state index contributed by atoms with van der Waals surface area (Å²) in [7, 11) is 1.76. The van der Waals surface area contributed by atoms with Gasteiger partial charge in [-0.25, -0.2) is 0 Å². The molecule has 1 aromatic heterocycles. The van der Waals surface area contributed by atoms with E-state index in [1.807, 2.05) is 18.2 Å². The fourth-order valence-corrected chi connectivity index (χ4v) is 4.73. The summed E-state index contributed by atoms with van der Waals surface area (Å²) in [5.41, 5.74) is 5.13. The van der Waals surface area contributed by atoms with E-state index in [0.29, 0.717) is 12.3 Å². The molecule has 2 heterocycles. The Bertz CT molecular complexity index is 1240. The lowest BCUT2D eigenvalue weighted by Gasteiger charge is -2.38. The number of likely N-dealkylation sites (N-methyl/N-ethyl adjacent to an activating group) is 1. The maximum Gasteiger partial charge on any atom is 0.260 e. The van der Waals surface area contributed by atoms with E-state index in [-0.39, 0.29) is 18.6 Å². The van der Waals surface area contributed by atoms with Crippen LogP contribution >= 0.6 is 0 Å². The van der Waals surface area contributed by atoms with Gasteiger partial charge in [-0.2, -0.15) is 0 Å². The largest absolute Gasteiger partial charge is 0.484 e. The van der Waals surface area contributed by atoms with E-state index < -0.39 is 0 Å². The molecule has 0 saturated heterocycles. The van der Waals surface area contributed by atoms with E-state index in [1.54, 1.807) is 18.2 Å². The monoisotopic (exact) mass is 466 g/mol. The molecule has 5 heteroatoms. The molecule has 5 rings (SSSR count). The lowest BCUT2D eigenvalue weighted by molar-refractivity contribution is -0.132. The summed E-state index contributed by atoms with van der Waals surface area (Å²) in [6.45, 7) is 2.27. The number of ether oxygens (including phenoxy) is 1. The first-order chi connectivity index (χ1) is 17.2. The van der Waals surface area contributed by atoms with Crippen LogP contribution in [0, 0.1) is 0 Å². The highest BCUT2D eigenvalue weighted by Crippen LogP contribution is 2.38. The molecule has 3 aromatic carbocycles. The number of furan rings is 1. The summed E-state index contributed by atoms with van der Waals surface area (Å²) in [5.74, 6) is 1.37. The van der Waals surface area contributed by atoms with Crippen molar-refractivity contribution in [3.8, 4) is 5.75 Å². The Hall–Kier alpha value is -3.83. The molecule has 1 atom stereocenters. The van der Waals surface area contributed by atoms with E-state index in [1.165, 1.54) is 22.3 Å². The highest BCUT2D eigenvalue weighted by molar-refractivity contribution is 5.77. The Balaban J connectivity index is 1.35. The van der Waals surface area contributed by atoms with Gasteiger partial charge in [0.25, 0.3) is 5.91 Å². The average molecular weight is 467 g/mol. The second-order valence-electron chi connectivity index (χ2n) is 9.00. The summed E-state index contributed by atoms with van der Waals surface area (Å²) in [5, 5.41) is 0. The molecule has 0 spiro atoms. The van der Waals surface area contributed by atoms with Crippen molar-refractivity contribution in [2.24, 2.45) is 0 Å². The molecule has 5 nitrogen and oxygen atoms in total. The van der Waals surface area contributed by atoms with E-state index >= 15 is 0 Å². The number of hydrogen-bond acceptors (Lipinski definition) is 4. The topological polar surface area (TPSA) is 45.9 Å². The average Bonchev–Trinajstić information content (AvgIpc) is 3.41. The van der Waals surface area contributed by atoms with Gasteiger partial charge in [0.1, 0.15) is 11.5 Å². The van der Waals surface area contributed by atoms with Crippen LogP contribution in [0.2, 0.25) is 0 Å². The predicted octanol–water partition coefficient (Wildman–Crippen LogP) is 5.46. The Labute approximate surface area is 206 Å². The fraction of sp³-hybridized carbons (Fsp3) is 0.233. The number of carbonyl (C=O) groups is 1. The van der Waals surface area contributed by atoms with Gasteiger partial charge in [-0.05, 0) is 52.9 Å². The van der Waals surface area contributed by atoms with Crippen LogP contribution in [0.15, 0.2) is 102 Å². The standard InChI is InChI=1S/C30H30N2O3/c1-31(21-27-13-8-18-34-27)29(33)22-35-26-15-14-24-16-17-32(20-23-9-4-2-5-10-23)30(28(24)19-26)25-11-6-3-7-12-25/h2-15,18-19,30H,16-17,20-22H2,1H3/t30-/m0/s1. The molecule has 35 heavy (non-hydrogen) atoms. The zero-order chi connectivity index (χ0) is 24.0. The number of benzene rings is 3. The van der Waals surface area contributed by atoms with Crippen LogP contribution in [0.3, 0.4) is 0 Å². The van der Waals surface area contributed by atoms with Crippen LogP contribution in [0.4, 0.5) is 0 Å². The molecule has 1 amide bonds. The number of carbonyl (C=O) groups excluding carboxylic acids is 1. The molecule has 0 aliphatic carbocycles. The van der Waals surface area contributed by atoms with Crippen LogP contribution < -0.4 is 4.74 Å². The number of nitrogens with zero attached hydrogens (tertiary/aromatic N) is 2. The number of rotatable bonds is 8. The predicted molar refractivity (Wildman–Crippen MR) is 136 cm³/mol. The summed E-state index contributed by atoms with van der Waals surface area (Å²) in [4.78, 5) is 16.8. The minimum absolute atomic E-state index is 0.0142. The van der Waals surface area contributed by atoms with Crippen LogP contribution in [-0.2, 0) is 24.3 Å². The van der Waals surface area contributed by atoms with Gasteiger partial charge in [-0.3, -0.25) is 9.69 Å². The number of hydrogen-bond donors (Lipinski definition) is 0. The van der Waals surface area contributed by atoms with Gasteiger partial charge in [0.2, 0.25) is 0 Å². The zero-order valence-corrected chi connectivity index (χ0v) is 20.0. The first-order valence-electron chi connectivity index (χ1n) is 12.0. The molecule has 4 aromatic rings. The SMILES string of the molecule is CN(Cc1ccco1)C(=O)COc1ccc2c(c1)[C@H](c1ccccc1)N(Cc1ccccc1)CC2. The molecular weight excluding hydrogens is 436 g/mol. The van der Waals surface area contributed by atoms with Crippen LogP contribution in [0.5, 0.6) is 5.75 Å². The molecule has 0 fully saturated rings. The summed E-state index contributed by atoms with van der Waals surface area (Å²) in [6.07, 6.45) is 2.60. The van der Waals surface area contributed by atoms with E-state index in [4.69, 9.17) is 9.15 Å². The van der Waals surface area contributed by atoms with E-state index in [0.717, 1.165) is 25.3 Å². The first-order valence-corrected chi connectivity index (χ1v) is 12.0. The van der Waals surface area contributed by atoms with Gasteiger partial charge < -0.3 is 14.1 Å². The highest BCUT2D eigenvalue weighted by atomic mass is 16.5. The molecule has 178 valence electrons. The van der Waals surface area contributed by atoms with E-state index in [9.17, 15) is 4.79 Å². The van der Waals surface area contributed by atoms with Crippen molar-refractivity contribution in [2.75, 3.05) is 20.2 Å². The van der Waals surface area contributed by atoms with Crippen LogP contribution in [-0.4, -0.2) is 35.9 Å². The van der Waals surface area contributed by atoms with Crippen LogP contribution in [0.25, 0.3) is 0 Å². The molecular formula is C30H30N2O3. The lowest BCUT2D eigenvalue weighted by atomic mass is 9.87. The zero-order valence-electron chi connectivity index (χ0n) is 20.0. The highest BCUT2D eigenvalue weighted by Gasteiger charge is 2.29. The maximum atomic E-state index is 12.6. The van der Waals surface area contributed by atoms with Crippen molar-refractivity contribution >= 4 is 5.91 Å². The van der Waals surface area contributed by atoms with Gasteiger partial charge in [-0.15, -0.1) is 0 Å². The summed E-state index contributed by atoms with van der Waals surface area (Å²) >= 11 is 0. The van der Waals surface area contributed by atoms with Gasteiger partial charge in [0.15, 0.2) is 6.61 Å². The first kappa shape index (κ1) is 22.9. The van der Waals surface area contributed by atoms with Crippen LogP contribution in [0.1, 0.15) is 34.1 Å². The summed E-state index contributed by atoms with van der Waals surface area (Å²) in [6, 6.07) is 31.3. The Morgan fingerprint density at radius 1 is 1.00 bits per heavy atom. The van der Waals surface area contributed by atoms with Crippen molar-refractivity contribution in [2.45, 2.75) is 25.6 Å². The van der Waals surface area contributed by atoms with E-state index in [2.05, 4.69) is 77.7 Å². The molecule has 1 aliphatic heterocycles. The third-order valence-electron chi connectivity index (χ3n) is 6.55. The maximum absolute atomic E-state index is 12.6. The van der Waals surface area contributed by atoms with Gasteiger partial charge in [0, 0.05) is 20.1 Å². The van der Waals surface area contributed by atoms with Crippen molar-refractivity contribution < 1.29 is 13.9 Å². The second-order valence-corrected chi connectivity index (χ2v) is 9.00. The fourth-order valence-electron chi connectivity index (χ4n) is 4.73. The molecule has 0 radical (unpaired) electrons. The minimum Gasteiger partial charge on any atom is -0.484 e. The lowest BCUT2D eigenvalue weighted by Crippen LogP contribution is -2.35. The molecule has 0 saturated carbocycles. The Morgan fingerprint density at radius 2 is 1.77 bits per heavy atom. The summed E-state index contributed by atoms with van der Waals surface area (Å²) < 4.78 is 11.3. The number of amides is 1. The third-order valence-corrected chi connectivity index (χ3v) is 6.55. The minimum atomic E-state index is -0.0931. The van der Waals surface area contributed by atoms with Gasteiger partial charge >= 0.3 is 0 Å². The molecule has 1 aliphatic rings. The third kappa shape index (κ3) is 5.47. The number of fused-ring (bicyclic) bond motifs is 1. The smallest absolute Gasteiger partial charge is 0.260 e. The molecule has 0 N–H and O–H groups in total. The quantitative estimate of drug-likeness (QED) is 0.346. The van der Waals surface area contributed by atoms with Crippen molar-refractivity contribution in [3.63, 3.8) is 0 Å². The normalized spacial score (nSPS) is 15.4. The van der Waals surface area contributed by atoms with Crippen molar-refractivity contribution in [1.29, 1.82) is 0 Å². The van der Waals surface area contributed by atoms with Crippen molar-refractivity contribution in [3.05, 3.63) is 125 Å². The Kier molecular flexibility index (Phi) is 6.96. The molecule has 0 unspecified atom stereocenters.